The number of hydrogen-bond donors (Lipinski definition) is 2. The molecular formula is C13H14N4. The van der Waals surface area contributed by atoms with Crippen LogP contribution in [0.3, 0.4) is 0 Å². The summed E-state index contributed by atoms with van der Waals surface area (Å²) in [6, 6.07) is 8.88. The molecule has 0 amide bonds. The van der Waals surface area contributed by atoms with Crippen LogP contribution in [0.5, 0.6) is 0 Å². The molecule has 1 heterocycles. The number of nitrogens with two attached hydrogens (primary N) is 1. The number of nitrogens with zero attached hydrogens (tertiary/aromatic N) is 2. The van der Waals surface area contributed by atoms with Gasteiger partial charge in [-0.15, -0.1) is 0 Å². The first-order valence-electron chi connectivity index (χ1n) is 5.73. The predicted molar refractivity (Wildman–Crippen MR) is 67.7 cm³/mol. The fourth-order valence-electron chi connectivity index (χ4n) is 2.31. The zero-order valence-corrected chi connectivity index (χ0v) is 9.43. The van der Waals surface area contributed by atoms with Crippen LogP contribution in [0, 0.1) is 0 Å². The van der Waals surface area contributed by atoms with Crippen LogP contribution in [0.25, 0.3) is 0 Å². The van der Waals surface area contributed by atoms with E-state index in [-0.39, 0.29) is 0 Å². The number of nitrogen functional groups attached to an aromatic ring is 1. The van der Waals surface area contributed by atoms with E-state index in [0.717, 1.165) is 12.8 Å². The van der Waals surface area contributed by atoms with Gasteiger partial charge >= 0.3 is 0 Å². The average Bonchev–Trinajstić information content (AvgIpc) is 2.74. The highest BCUT2D eigenvalue weighted by Gasteiger charge is 2.21. The Morgan fingerprint density at radius 2 is 1.71 bits per heavy atom. The van der Waals surface area contributed by atoms with Gasteiger partial charge in [0.2, 0.25) is 0 Å². The summed E-state index contributed by atoms with van der Waals surface area (Å²) in [5.74, 6) is 1.15. The molecule has 3 N–H and O–H groups in total. The normalized spacial score (nSPS) is 14.6. The molecular weight excluding hydrogens is 212 g/mol. The fraction of sp³-hybridized carbons (Fsp3) is 0.231. The van der Waals surface area contributed by atoms with Crippen LogP contribution >= 0.6 is 0 Å². The number of rotatable bonds is 2. The number of fused-ring (bicyclic) bond motifs is 1. The topological polar surface area (TPSA) is 63.8 Å². The van der Waals surface area contributed by atoms with Gasteiger partial charge < -0.3 is 11.1 Å². The van der Waals surface area contributed by atoms with Crippen molar-refractivity contribution in [3.8, 4) is 0 Å². The van der Waals surface area contributed by atoms with Crippen LogP contribution in [0.1, 0.15) is 11.1 Å². The number of benzene rings is 1. The zero-order chi connectivity index (χ0) is 11.7. The lowest BCUT2D eigenvalue weighted by Crippen LogP contribution is -2.21. The van der Waals surface area contributed by atoms with E-state index in [1.54, 1.807) is 12.4 Å². The smallest absolute Gasteiger partial charge is 0.169 e. The molecule has 4 nitrogen and oxygen atoms in total. The molecule has 1 aliphatic rings. The number of aromatic nitrogens is 2. The van der Waals surface area contributed by atoms with E-state index >= 15 is 0 Å². The molecule has 0 fully saturated rings. The van der Waals surface area contributed by atoms with E-state index in [4.69, 9.17) is 5.73 Å². The predicted octanol–water partition coefficient (Wildman–Crippen LogP) is 1.64. The molecule has 17 heavy (non-hydrogen) atoms. The van der Waals surface area contributed by atoms with Crippen molar-refractivity contribution in [1.29, 1.82) is 0 Å². The molecule has 1 aromatic carbocycles. The Labute approximate surface area is 99.9 Å². The van der Waals surface area contributed by atoms with Gasteiger partial charge in [-0.05, 0) is 24.0 Å². The van der Waals surface area contributed by atoms with E-state index in [1.807, 2.05) is 0 Å². The lowest BCUT2D eigenvalue weighted by molar-refractivity contribution is 0.768. The van der Waals surface area contributed by atoms with Crippen LogP contribution in [0.4, 0.5) is 11.6 Å². The molecule has 0 aliphatic heterocycles. The maximum Gasteiger partial charge on any atom is 0.169 e. The lowest BCUT2D eigenvalue weighted by Gasteiger charge is -2.13. The molecule has 0 radical (unpaired) electrons. The maximum absolute atomic E-state index is 5.77. The molecule has 2 aromatic rings. The molecule has 0 unspecified atom stereocenters. The average molecular weight is 226 g/mol. The molecule has 0 saturated carbocycles. The Morgan fingerprint density at radius 3 is 2.35 bits per heavy atom. The van der Waals surface area contributed by atoms with Crippen LogP contribution in [-0.4, -0.2) is 16.0 Å². The summed E-state index contributed by atoms with van der Waals surface area (Å²) < 4.78 is 0. The second-order valence-corrected chi connectivity index (χ2v) is 4.31. The highest BCUT2D eigenvalue weighted by molar-refractivity contribution is 5.56. The highest BCUT2D eigenvalue weighted by Crippen LogP contribution is 2.24. The van der Waals surface area contributed by atoms with Crippen LogP contribution in [0.2, 0.25) is 0 Å². The Balaban J connectivity index is 1.76. The van der Waals surface area contributed by atoms with Crippen molar-refractivity contribution in [2.24, 2.45) is 0 Å². The van der Waals surface area contributed by atoms with Gasteiger partial charge in [-0.2, -0.15) is 0 Å². The van der Waals surface area contributed by atoms with Gasteiger partial charge in [-0.25, -0.2) is 9.97 Å². The van der Waals surface area contributed by atoms with Crippen molar-refractivity contribution in [2.75, 3.05) is 11.1 Å². The van der Waals surface area contributed by atoms with E-state index in [1.165, 1.54) is 11.1 Å². The number of hydrogen-bond acceptors (Lipinski definition) is 4. The van der Waals surface area contributed by atoms with Gasteiger partial charge in [0.15, 0.2) is 11.6 Å². The lowest BCUT2D eigenvalue weighted by atomic mass is 10.1. The highest BCUT2D eigenvalue weighted by atomic mass is 15.1. The third-order valence-corrected chi connectivity index (χ3v) is 3.12. The first kappa shape index (κ1) is 10.1. The second-order valence-electron chi connectivity index (χ2n) is 4.31. The fourth-order valence-corrected chi connectivity index (χ4v) is 2.31. The van der Waals surface area contributed by atoms with Crippen LogP contribution in [0.15, 0.2) is 36.7 Å². The van der Waals surface area contributed by atoms with Gasteiger partial charge in [-0.3, -0.25) is 0 Å². The molecule has 0 atom stereocenters. The number of nitrogens with one attached hydrogen (secondary N) is 1. The minimum absolute atomic E-state index is 0.367. The molecule has 1 aliphatic carbocycles. The van der Waals surface area contributed by atoms with Crippen LogP contribution < -0.4 is 11.1 Å². The summed E-state index contributed by atoms with van der Waals surface area (Å²) in [5, 5.41) is 3.36. The minimum Gasteiger partial charge on any atom is -0.381 e. The molecule has 86 valence electrons. The van der Waals surface area contributed by atoms with Crippen molar-refractivity contribution >= 4 is 11.6 Å². The molecule has 0 saturated heterocycles. The molecule has 3 rings (SSSR count). The first-order chi connectivity index (χ1) is 8.33. The summed E-state index contributed by atoms with van der Waals surface area (Å²) in [7, 11) is 0. The minimum atomic E-state index is 0.367. The van der Waals surface area contributed by atoms with Gasteiger partial charge in [0.05, 0.1) is 0 Å². The zero-order valence-electron chi connectivity index (χ0n) is 9.43. The van der Waals surface area contributed by atoms with E-state index in [9.17, 15) is 0 Å². The van der Waals surface area contributed by atoms with Gasteiger partial charge in [0.25, 0.3) is 0 Å². The third-order valence-electron chi connectivity index (χ3n) is 3.12. The quantitative estimate of drug-likeness (QED) is 0.817. The third kappa shape index (κ3) is 1.93. The summed E-state index contributed by atoms with van der Waals surface area (Å²) >= 11 is 0. The molecule has 0 bridgehead atoms. The monoisotopic (exact) mass is 226 g/mol. The Hall–Kier alpha value is -2.10. The van der Waals surface area contributed by atoms with E-state index in [0.29, 0.717) is 17.7 Å². The van der Waals surface area contributed by atoms with Crippen molar-refractivity contribution in [3.63, 3.8) is 0 Å². The largest absolute Gasteiger partial charge is 0.381 e. The Kier molecular flexibility index (Phi) is 2.40. The number of anilines is 2. The summed E-state index contributed by atoms with van der Waals surface area (Å²) in [6.45, 7) is 0. The van der Waals surface area contributed by atoms with Crippen LogP contribution in [-0.2, 0) is 12.8 Å². The molecule has 1 aromatic heterocycles. The Morgan fingerprint density at radius 1 is 1.06 bits per heavy atom. The summed E-state index contributed by atoms with van der Waals surface area (Å²) in [4.78, 5) is 8.23. The van der Waals surface area contributed by atoms with Crippen molar-refractivity contribution in [1.82, 2.24) is 9.97 Å². The van der Waals surface area contributed by atoms with Gasteiger partial charge in [0.1, 0.15) is 0 Å². The van der Waals surface area contributed by atoms with Gasteiger partial charge in [0, 0.05) is 18.4 Å². The van der Waals surface area contributed by atoms with Gasteiger partial charge in [-0.1, -0.05) is 24.3 Å². The van der Waals surface area contributed by atoms with E-state index in [2.05, 4.69) is 39.6 Å². The van der Waals surface area contributed by atoms with Crippen molar-refractivity contribution in [3.05, 3.63) is 47.8 Å². The molecule has 0 spiro atoms. The second kappa shape index (κ2) is 4.05. The Bertz CT molecular complexity index is 513. The van der Waals surface area contributed by atoms with Crippen molar-refractivity contribution < 1.29 is 0 Å². The van der Waals surface area contributed by atoms with Crippen molar-refractivity contribution in [2.45, 2.75) is 18.9 Å². The van der Waals surface area contributed by atoms with E-state index < -0.39 is 0 Å². The maximum atomic E-state index is 5.77. The summed E-state index contributed by atoms with van der Waals surface area (Å²) in [6.07, 6.45) is 5.29. The first-order valence-corrected chi connectivity index (χ1v) is 5.73. The standard InChI is InChI=1S/C13H14N4/c14-12-13(16-6-5-15-12)17-11-7-9-3-1-2-4-10(9)8-11/h1-6,11H,7-8H2,(H2,14,15)(H,16,17). The summed E-state index contributed by atoms with van der Waals surface area (Å²) in [5.41, 5.74) is 8.59. The molecule has 4 heteroatoms. The SMILES string of the molecule is Nc1nccnc1NC1Cc2ccccc2C1.